The fourth-order valence-corrected chi connectivity index (χ4v) is 2.70. The maximum atomic E-state index is 10.8. The van der Waals surface area contributed by atoms with Crippen LogP contribution in [0, 0.1) is 6.92 Å². The normalized spacial score (nSPS) is 10.7. The van der Waals surface area contributed by atoms with E-state index in [2.05, 4.69) is 26.3 Å². The summed E-state index contributed by atoms with van der Waals surface area (Å²) in [6.07, 6.45) is 2.67. The molecule has 0 aliphatic rings. The van der Waals surface area contributed by atoms with Gasteiger partial charge in [-0.15, -0.1) is 0 Å². The zero-order chi connectivity index (χ0) is 14.1. The van der Waals surface area contributed by atoms with Gasteiger partial charge < -0.3 is 10.4 Å². The SMILES string of the molecule is Cc1ccc2nc(Nc3cncc(C(=O)O)n3)sc2c1. The number of aromatic carboxylic acids is 1. The van der Waals surface area contributed by atoms with Gasteiger partial charge in [0.25, 0.3) is 0 Å². The molecule has 3 aromatic rings. The van der Waals surface area contributed by atoms with Gasteiger partial charge in [0.1, 0.15) is 0 Å². The van der Waals surface area contributed by atoms with E-state index in [0.29, 0.717) is 10.9 Å². The second kappa shape index (κ2) is 4.86. The number of hydrogen-bond acceptors (Lipinski definition) is 6. The zero-order valence-electron chi connectivity index (χ0n) is 10.5. The summed E-state index contributed by atoms with van der Waals surface area (Å²) >= 11 is 1.48. The molecule has 0 amide bonds. The summed E-state index contributed by atoms with van der Waals surface area (Å²) in [5.41, 5.74) is 1.96. The summed E-state index contributed by atoms with van der Waals surface area (Å²) in [5, 5.41) is 12.5. The molecule has 0 atom stereocenters. The number of hydrogen-bond donors (Lipinski definition) is 2. The van der Waals surface area contributed by atoms with Crippen molar-refractivity contribution >= 4 is 38.5 Å². The van der Waals surface area contributed by atoms with Crippen molar-refractivity contribution in [2.45, 2.75) is 6.92 Å². The summed E-state index contributed by atoms with van der Waals surface area (Å²) in [5.74, 6) is -0.748. The van der Waals surface area contributed by atoms with Crippen LogP contribution in [0.1, 0.15) is 16.1 Å². The minimum atomic E-state index is -1.11. The highest BCUT2D eigenvalue weighted by Gasteiger charge is 2.08. The fourth-order valence-electron chi connectivity index (χ4n) is 1.72. The van der Waals surface area contributed by atoms with Crippen LogP contribution in [0.25, 0.3) is 10.2 Å². The van der Waals surface area contributed by atoms with E-state index in [1.54, 1.807) is 0 Å². The third-order valence-corrected chi connectivity index (χ3v) is 3.57. The Bertz CT molecular complexity index is 800. The van der Waals surface area contributed by atoms with Gasteiger partial charge in [-0.05, 0) is 24.6 Å². The highest BCUT2D eigenvalue weighted by atomic mass is 32.1. The number of benzene rings is 1. The van der Waals surface area contributed by atoms with Gasteiger partial charge in [-0.1, -0.05) is 17.4 Å². The number of thiazole rings is 1. The summed E-state index contributed by atoms with van der Waals surface area (Å²) in [4.78, 5) is 23.0. The molecule has 0 bridgehead atoms. The quantitative estimate of drug-likeness (QED) is 0.769. The van der Waals surface area contributed by atoms with Crippen LogP contribution in [-0.4, -0.2) is 26.0 Å². The summed E-state index contributed by atoms with van der Waals surface area (Å²) in [6.45, 7) is 2.02. The van der Waals surface area contributed by atoms with Gasteiger partial charge >= 0.3 is 5.97 Å². The topological polar surface area (TPSA) is 88.0 Å². The molecule has 0 aliphatic heterocycles. The van der Waals surface area contributed by atoms with Crippen LogP contribution in [0.2, 0.25) is 0 Å². The van der Waals surface area contributed by atoms with Crippen molar-refractivity contribution < 1.29 is 9.90 Å². The number of nitrogens with zero attached hydrogens (tertiary/aromatic N) is 3. The van der Waals surface area contributed by atoms with Crippen molar-refractivity contribution in [2.24, 2.45) is 0 Å². The van der Waals surface area contributed by atoms with Crippen LogP contribution >= 0.6 is 11.3 Å². The molecule has 2 aromatic heterocycles. The van der Waals surface area contributed by atoms with Crippen molar-refractivity contribution in [3.63, 3.8) is 0 Å². The Morgan fingerprint density at radius 2 is 2.15 bits per heavy atom. The number of nitrogens with one attached hydrogen (secondary N) is 1. The minimum Gasteiger partial charge on any atom is -0.476 e. The third kappa shape index (κ3) is 2.43. The molecule has 0 spiro atoms. The van der Waals surface area contributed by atoms with Crippen LogP contribution < -0.4 is 5.32 Å². The van der Waals surface area contributed by atoms with Crippen molar-refractivity contribution in [3.8, 4) is 0 Å². The van der Waals surface area contributed by atoms with Gasteiger partial charge in [-0.25, -0.2) is 14.8 Å². The average molecular weight is 286 g/mol. The molecule has 0 radical (unpaired) electrons. The predicted octanol–water partition coefficient (Wildman–Crippen LogP) is 2.84. The van der Waals surface area contributed by atoms with Crippen molar-refractivity contribution in [2.75, 3.05) is 5.32 Å². The summed E-state index contributed by atoms with van der Waals surface area (Å²) < 4.78 is 1.06. The monoisotopic (exact) mass is 286 g/mol. The van der Waals surface area contributed by atoms with Crippen molar-refractivity contribution in [1.29, 1.82) is 0 Å². The van der Waals surface area contributed by atoms with Gasteiger partial charge in [0, 0.05) is 0 Å². The van der Waals surface area contributed by atoms with Crippen LogP contribution in [-0.2, 0) is 0 Å². The summed E-state index contributed by atoms with van der Waals surface area (Å²) in [6, 6.07) is 6.00. The molecule has 3 rings (SSSR count). The van der Waals surface area contributed by atoms with E-state index in [-0.39, 0.29) is 5.69 Å². The minimum absolute atomic E-state index is 0.105. The number of carboxylic acids is 1. The number of rotatable bonds is 3. The first-order valence-corrected chi connectivity index (χ1v) is 6.63. The molecule has 7 heteroatoms. The molecular formula is C13H10N4O2S. The van der Waals surface area contributed by atoms with E-state index in [1.807, 2.05) is 19.1 Å². The molecule has 2 N–H and O–H groups in total. The van der Waals surface area contributed by atoms with E-state index >= 15 is 0 Å². The van der Waals surface area contributed by atoms with Crippen molar-refractivity contribution in [1.82, 2.24) is 15.0 Å². The molecule has 20 heavy (non-hydrogen) atoms. The average Bonchev–Trinajstić information content (AvgIpc) is 2.80. The van der Waals surface area contributed by atoms with Crippen molar-refractivity contribution in [3.05, 3.63) is 41.9 Å². The van der Waals surface area contributed by atoms with Gasteiger partial charge in [-0.2, -0.15) is 0 Å². The molecule has 100 valence electrons. The van der Waals surface area contributed by atoms with Crippen LogP contribution in [0.4, 0.5) is 10.9 Å². The lowest BCUT2D eigenvalue weighted by Gasteiger charge is -2.01. The lowest BCUT2D eigenvalue weighted by molar-refractivity contribution is 0.0690. The van der Waals surface area contributed by atoms with Gasteiger partial charge in [0.05, 0.1) is 22.6 Å². The number of aryl methyl sites for hydroxylation is 1. The largest absolute Gasteiger partial charge is 0.476 e. The number of carboxylic acid groups (broad SMARTS) is 1. The molecule has 0 unspecified atom stereocenters. The molecular weight excluding hydrogens is 276 g/mol. The van der Waals surface area contributed by atoms with Gasteiger partial charge in [-0.3, -0.25) is 4.98 Å². The molecule has 0 saturated carbocycles. The molecule has 1 aromatic carbocycles. The lowest BCUT2D eigenvalue weighted by Crippen LogP contribution is -2.03. The van der Waals surface area contributed by atoms with E-state index in [9.17, 15) is 4.79 Å². The smallest absolute Gasteiger partial charge is 0.356 e. The first-order valence-electron chi connectivity index (χ1n) is 5.81. The molecule has 6 nitrogen and oxygen atoms in total. The third-order valence-electron chi connectivity index (χ3n) is 2.63. The Kier molecular flexibility index (Phi) is 3.03. The second-order valence-electron chi connectivity index (χ2n) is 4.21. The van der Waals surface area contributed by atoms with E-state index in [4.69, 9.17) is 5.11 Å². The molecule has 0 aliphatic carbocycles. The van der Waals surface area contributed by atoms with Crippen LogP contribution in [0.3, 0.4) is 0 Å². The Labute approximate surface area is 118 Å². The number of aromatic nitrogens is 3. The predicted molar refractivity (Wildman–Crippen MR) is 76.6 cm³/mol. The van der Waals surface area contributed by atoms with E-state index in [1.165, 1.54) is 29.3 Å². The maximum absolute atomic E-state index is 10.8. The lowest BCUT2D eigenvalue weighted by atomic mass is 10.2. The highest BCUT2D eigenvalue weighted by molar-refractivity contribution is 7.22. The fraction of sp³-hybridized carbons (Fsp3) is 0.0769. The van der Waals surface area contributed by atoms with Crippen LogP contribution in [0.15, 0.2) is 30.6 Å². The first-order chi connectivity index (χ1) is 9.61. The Balaban J connectivity index is 1.92. The van der Waals surface area contributed by atoms with Gasteiger partial charge in [0.15, 0.2) is 16.6 Å². The second-order valence-corrected chi connectivity index (χ2v) is 5.24. The first kappa shape index (κ1) is 12.5. The maximum Gasteiger partial charge on any atom is 0.356 e. The van der Waals surface area contributed by atoms with Crippen LogP contribution in [0.5, 0.6) is 0 Å². The molecule has 2 heterocycles. The number of fused-ring (bicyclic) bond motifs is 1. The van der Waals surface area contributed by atoms with E-state index < -0.39 is 5.97 Å². The highest BCUT2D eigenvalue weighted by Crippen LogP contribution is 2.28. The van der Waals surface area contributed by atoms with Gasteiger partial charge in [0.2, 0.25) is 0 Å². The Hall–Kier alpha value is -2.54. The summed E-state index contributed by atoms with van der Waals surface area (Å²) in [7, 11) is 0. The zero-order valence-corrected chi connectivity index (χ0v) is 11.3. The standard InChI is InChI=1S/C13H10N4O2S/c1-7-2-3-8-10(4-7)20-13(16-8)17-11-6-14-5-9(15-11)12(18)19/h2-6H,1H3,(H,18,19)(H,15,16,17). The number of carbonyl (C=O) groups is 1. The molecule has 0 saturated heterocycles. The number of anilines is 2. The molecule has 0 fully saturated rings. The van der Waals surface area contributed by atoms with E-state index in [0.717, 1.165) is 10.2 Å². The Morgan fingerprint density at radius 1 is 1.30 bits per heavy atom. The Morgan fingerprint density at radius 3 is 2.95 bits per heavy atom.